The second kappa shape index (κ2) is 9.53. The van der Waals surface area contributed by atoms with E-state index in [1.54, 1.807) is 4.90 Å². The topological polar surface area (TPSA) is 118 Å². The molecule has 2 aliphatic heterocycles. The van der Waals surface area contributed by atoms with Gasteiger partial charge in [0.2, 0.25) is 0 Å². The summed E-state index contributed by atoms with van der Waals surface area (Å²) in [6.07, 6.45) is 7.70. The molecule has 5 heterocycles. The Labute approximate surface area is 235 Å². The highest BCUT2D eigenvalue weighted by Gasteiger charge is 2.30. The number of carbonyl (C=O) groups is 1. The van der Waals surface area contributed by atoms with Crippen molar-refractivity contribution in [1.29, 1.82) is 0 Å². The average Bonchev–Trinajstić information content (AvgIpc) is 3.60. The molecule has 2 fully saturated rings. The zero-order valence-corrected chi connectivity index (χ0v) is 22.3. The van der Waals surface area contributed by atoms with Gasteiger partial charge in [-0.1, -0.05) is 18.2 Å². The molecular formula is C31H28N6O4. The molecule has 1 aliphatic carbocycles. The van der Waals surface area contributed by atoms with Crippen molar-refractivity contribution in [2.75, 3.05) is 31.3 Å². The normalized spacial score (nSPS) is 17.3. The van der Waals surface area contributed by atoms with E-state index in [4.69, 9.17) is 9.47 Å². The summed E-state index contributed by atoms with van der Waals surface area (Å²) >= 11 is 0. The second-order valence-corrected chi connectivity index (χ2v) is 10.9. The predicted molar refractivity (Wildman–Crippen MR) is 152 cm³/mol. The van der Waals surface area contributed by atoms with Gasteiger partial charge < -0.3 is 29.0 Å². The lowest BCUT2D eigenvalue weighted by Crippen LogP contribution is -2.33. The van der Waals surface area contributed by atoms with Gasteiger partial charge in [-0.3, -0.25) is 4.79 Å². The van der Waals surface area contributed by atoms with Gasteiger partial charge >= 0.3 is 0 Å². The molecule has 0 unspecified atom stereocenters. The van der Waals surface area contributed by atoms with Gasteiger partial charge in [0.25, 0.3) is 5.91 Å². The number of H-pyrrole nitrogens is 1. The van der Waals surface area contributed by atoms with Gasteiger partial charge in [-0.2, -0.15) is 0 Å². The Kier molecular flexibility index (Phi) is 5.64. The van der Waals surface area contributed by atoms with Crippen LogP contribution in [-0.4, -0.2) is 61.9 Å². The van der Waals surface area contributed by atoms with Crippen LogP contribution in [0.1, 0.15) is 46.3 Å². The van der Waals surface area contributed by atoms with Crippen LogP contribution in [0, 0.1) is 0 Å². The zero-order chi connectivity index (χ0) is 27.5. The Bertz CT molecular complexity index is 1800. The maximum absolute atomic E-state index is 13.8. The van der Waals surface area contributed by atoms with Crippen LogP contribution in [0.25, 0.3) is 33.7 Å². The van der Waals surface area contributed by atoms with Gasteiger partial charge in [0.15, 0.2) is 0 Å². The Morgan fingerprint density at radius 1 is 1.05 bits per heavy atom. The highest BCUT2D eigenvalue weighted by Crippen LogP contribution is 2.43. The van der Waals surface area contributed by atoms with Gasteiger partial charge in [-0.15, -0.1) is 0 Å². The van der Waals surface area contributed by atoms with E-state index in [1.807, 2.05) is 55.0 Å². The summed E-state index contributed by atoms with van der Waals surface area (Å²) in [5.41, 5.74) is 6.73. The van der Waals surface area contributed by atoms with Crippen molar-refractivity contribution in [3.63, 3.8) is 0 Å². The molecule has 0 bridgehead atoms. The van der Waals surface area contributed by atoms with Crippen molar-refractivity contribution in [3.8, 4) is 28.4 Å². The van der Waals surface area contributed by atoms with Crippen LogP contribution < -0.4 is 9.64 Å². The van der Waals surface area contributed by atoms with Crippen molar-refractivity contribution in [3.05, 3.63) is 78.0 Å². The molecule has 206 valence electrons. The molecular weight excluding hydrogens is 520 g/mol. The highest BCUT2D eigenvalue weighted by molar-refractivity contribution is 6.09. The Morgan fingerprint density at radius 3 is 2.76 bits per heavy atom. The lowest BCUT2D eigenvalue weighted by Gasteiger charge is -2.26. The van der Waals surface area contributed by atoms with Gasteiger partial charge in [0.1, 0.15) is 30.0 Å². The number of nitrogens with one attached hydrogen (secondary N) is 1. The number of aliphatic hydroxyl groups excluding tert-OH is 1. The summed E-state index contributed by atoms with van der Waals surface area (Å²) in [7, 11) is 0. The number of benzene rings is 2. The SMILES string of the molecule is O=C1c2ccc(C3CC3)cc2OCCN1c1cccc(-c2ncnc3[nH]c(-c4cn(C5COC5)cn4)cc23)c1CO. The lowest BCUT2D eigenvalue weighted by molar-refractivity contribution is -0.0233. The summed E-state index contributed by atoms with van der Waals surface area (Å²) in [5.74, 6) is 1.06. The number of rotatable bonds is 6. The average molecular weight is 549 g/mol. The van der Waals surface area contributed by atoms with Crippen LogP contribution in [-0.2, 0) is 11.3 Å². The number of anilines is 1. The minimum Gasteiger partial charge on any atom is -0.491 e. The van der Waals surface area contributed by atoms with E-state index >= 15 is 0 Å². The Morgan fingerprint density at radius 2 is 1.95 bits per heavy atom. The number of amides is 1. The minimum absolute atomic E-state index is 0.143. The molecule has 1 amide bonds. The van der Waals surface area contributed by atoms with E-state index in [0.717, 1.165) is 22.3 Å². The first kappa shape index (κ1) is 24.3. The van der Waals surface area contributed by atoms with E-state index in [0.29, 0.717) is 72.2 Å². The quantitative estimate of drug-likeness (QED) is 0.321. The van der Waals surface area contributed by atoms with Gasteiger partial charge in [0.05, 0.1) is 61.4 Å². The first-order valence-electron chi connectivity index (χ1n) is 13.9. The third kappa shape index (κ3) is 4.10. The molecule has 10 nitrogen and oxygen atoms in total. The van der Waals surface area contributed by atoms with Crippen molar-refractivity contribution >= 4 is 22.6 Å². The number of hydrogen-bond acceptors (Lipinski definition) is 7. The molecule has 0 atom stereocenters. The fourth-order valence-corrected chi connectivity index (χ4v) is 5.81. The molecule has 5 aromatic rings. The summed E-state index contributed by atoms with van der Waals surface area (Å²) < 4.78 is 13.4. The summed E-state index contributed by atoms with van der Waals surface area (Å²) in [5, 5.41) is 11.4. The van der Waals surface area contributed by atoms with Gasteiger partial charge in [-0.25, -0.2) is 15.0 Å². The van der Waals surface area contributed by atoms with Crippen molar-refractivity contribution in [2.45, 2.75) is 31.4 Å². The number of fused-ring (bicyclic) bond motifs is 2. The van der Waals surface area contributed by atoms with Crippen LogP contribution in [0.4, 0.5) is 5.69 Å². The number of ether oxygens (including phenoxy) is 2. The monoisotopic (exact) mass is 548 g/mol. The molecule has 1 saturated carbocycles. The zero-order valence-electron chi connectivity index (χ0n) is 22.3. The maximum atomic E-state index is 13.8. The summed E-state index contributed by atoms with van der Waals surface area (Å²) in [6, 6.07) is 13.9. The van der Waals surface area contributed by atoms with Crippen LogP contribution >= 0.6 is 0 Å². The van der Waals surface area contributed by atoms with E-state index in [9.17, 15) is 9.90 Å². The number of aromatic amines is 1. The molecule has 0 radical (unpaired) electrons. The number of imidazole rings is 1. The molecule has 2 aromatic carbocycles. The number of carbonyl (C=O) groups excluding carboxylic acids is 1. The van der Waals surface area contributed by atoms with E-state index in [1.165, 1.54) is 24.7 Å². The number of aromatic nitrogens is 5. The molecule has 3 aromatic heterocycles. The maximum Gasteiger partial charge on any atom is 0.262 e. The number of hydrogen-bond donors (Lipinski definition) is 2. The summed E-state index contributed by atoms with van der Waals surface area (Å²) in [6.45, 7) is 1.85. The molecule has 8 rings (SSSR count). The van der Waals surface area contributed by atoms with Crippen molar-refractivity contribution < 1.29 is 19.4 Å². The van der Waals surface area contributed by atoms with Gasteiger partial charge in [-0.05, 0) is 48.6 Å². The smallest absolute Gasteiger partial charge is 0.262 e. The Balaban J connectivity index is 1.18. The molecule has 3 aliphatic rings. The van der Waals surface area contributed by atoms with Crippen molar-refractivity contribution in [2.24, 2.45) is 0 Å². The van der Waals surface area contributed by atoms with E-state index in [-0.39, 0.29) is 12.5 Å². The molecule has 41 heavy (non-hydrogen) atoms. The predicted octanol–water partition coefficient (Wildman–Crippen LogP) is 4.47. The molecule has 1 saturated heterocycles. The number of aliphatic hydroxyl groups is 1. The van der Waals surface area contributed by atoms with E-state index < -0.39 is 0 Å². The largest absolute Gasteiger partial charge is 0.491 e. The number of nitrogens with zero attached hydrogens (tertiary/aromatic N) is 5. The first-order valence-corrected chi connectivity index (χ1v) is 13.9. The van der Waals surface area contributed by atoms with Crippen molar-refractivity contribution in [1.82, 2.24) is 24.5 Å². The highest BCUT2D eigenvalue weighted by atomic mass is 16.5. The standard InChI is InChI=1S/C31H28N6O4/c38-13-24-21(29-23-11-25(35-30(23)33-16-32-29)26-12-36(17-34-26)20-14-40-15-20)2-1-3-27(24)37-8-9-41-28-10-19(18-4-5-18)6-7-22(28)31(37)39/h1-3,6-7,10-12,16-18,20,38H,4-5,8-9,13-15H2,(H,32,33,35). The van der Waals surface area contributed by atoms with Crippen LogP contribution in [0.15, 0.2) is 61.3 Å². The minimum atomic E-state index is -0.264. The van der Waals surface area contributed by atoms with Crippen LogP contribution in [0.3, 0.4) is 0 Å². The molecule has 2 N–H and O–H groups in total. The van der Waals surface area contributed by atoms with Gasteiger partial charge in [0, 0.05) is 22.7 Å². The third-order valence-electron chi connectivity index (χ3n) is 8.30. The second-order valence-electron chi connectivity index (χ2n) is 10.9. The third-order valence-corrected chi connectivity index (χ3v) is 8.30. The van der Waals surface area contributed by atoms with E-state index in [2.05, 4.69) is 24.5 Å². The van der Waals surface area contributed by atoms with Crippen LogP contribution in [0.5, 0.6) is 5.75 Å². The molecule has 0 spiro atoms. The summed E-state index contributed by atoms with van der Waals surface area (Å²) in [4.78, 5) is 32.6. The first-order chi connectivity index (χ1) is 20.2. The lowest BCUT2D eigenvalue weighted by atomic mass is 9.99. The Hall–Kier alpha value is -4.54. The molecule has 10 heteroatoms. The fraction of sp³-hybridized carbons (Fsp3) is 0.290. The fourth-order valence-electron chi connectivity index (χ4n) is 5.81. The van der Waals surface area contributed by atoms with Crippen LogP contribution in [0.2, 0.25) is 0 Å².